The van der Waals surface area contributed by atoms with Crippen molar-refractivity contribution in [1.29, 1.82) is 0 Å². The molecule has 4 heteroatoms. The van der Waals surface area contributed by atoms with E-state index < -0.39 is 10.0 Å². The molecule has 1 fully saturated rings. The smallest absolute Gasteiger partial charge is 0.208 e. The predicted octanol–water partition coefficient (Wildman–Crippen LogP) is 0.726. The van der Waals surface area contributed by atoms with E-state index in [2.05, 4.69) is 11.6 Å². The maximum Gasteiger partial charge on any atom is 0.208 e. The maximum atomic E-state index is 10.7. The Kier molecular flexibility index (Phi) is 2.25. The molecule has 3 nitrogen and oxygen atoms in total. The Hall–Kier alpha value is -0.0900. The second-order valence-electron chi connectivity index (χ2n) is 3.76. The largest absolute Gasteiger partial charge is 0.215 e. The van der Waals surface area contributed by atoms with Crippen LogP contribution >= 0.6 is 0 Å². The lowest BCUT2D eigenvalue weighted by Crippen LogP contribution is -2.39. The highest BCUT2D eigenvalue weighted by atomic mass is 32.2. The van der Waals surface area contributed by atoms with Gasteiger partial charge in [0, 0.05) is 6.54 Å². The average molecular weight is 177 g/mol. The first-order valence-electron chi connectivity index (χ1n) is 3.86. The monoisotopic (exact) mass is 177 g/mol. The zero-order valence-electron chi connectivity index (χ0n) is 7.05. The van der Waals surface area contributed by atoms with Crippen molar-refractivity contribution < 1.29 is 8.42 Å². The molecule has 0 atom stereocenters. The van der Waals surface area contributed by atoms with Crippen LogP contribution in [0.4, 0.5) is 0 Å². The van der Waals surface area contributed by atoms with Gasteiger partial charge in [0.1, 0.15) is 0 Å². The molecular formula is C7H15NO2S. The van der Waals surface area contributed by atoms with Crippen molar-refractivity contribution in [2.75, 3.05) is 12.8 Å². The van der Waals surface area contributed by atoms with E-state index in [4.69, 9.17) is 0 Å². The van der Waals surface area contributed by atoms with Crippen LogP contribution in [-0.4, -0.2) is 21.2 Å². The van der Waals surface area contributed by atoms with E-state index in [0.29, 0.717) is 6.54 Å². The van der Waals surface area contributed by atoms with Gasteiger partial charge >= 0.3 is 0 Å². The second-order valence-corrected chi connectivity index (χ2v) is 5.59. The molecule has 0 saturated heterocycles. The van der Waals surface area contributed by atoms with Crippen LogP contribution in [0.15, 0.2) is 0 Å². The van der Waals surface area contributed by atoms with Crippen LogP contribution in [0.5, 0.6) is 0 Å². The molecule has 0 aliphatic heterocycles. The van der Waals surface area contributed by atoms with E-state index in [1.165, 1.54) is 12.7 Å². The molecular weight excluding hydrogens is 162 g/mol. The van der Waals surface area contributed by atoms with Gasteiger partial charge in [-0.15, -0.1) is 0 Å². The van der Waals surface area contributed by atoms with Crippen LogP contribution in [0.1, 0.15) is 26.2 Å². The van der Waals surface area contributed by atoms with Gasteiger partial charge in [-0.3, -0.25) is 0 Å². The standard InChI is InChI=1S/C7H15NO2S/c1-7(4-3-5-7)6-8-11(2,9)10/h8H,3-6H2,1-2H3. The lowest BCUT2D eigenvalue weighted by Gasteiger charge is -2.38. The van der Waals surface area contributed by atoms with Gasteiger partial charge in [0.15, 0.2) is 0 Å². The molecule has 1 rings (SSSR count). The highest BCUT2D eigenvalue weighted by Crippen LogP contribution is 2.39. The van der Waals surface area contributed by atoms with Crippen LogP contribution in [0.25, 0.3) is 0 Å². The van der Waals surface area contributed by atoms with Gasteiger partial charge in [-0.2, -0.15) is 0 Å². The van der Waals surface area contributed by atoms with Gasteiger partial charge < -0.3 is 0 Å². The molecule has 0 heterocycles. The molecule has 1 N–H and O–H groups in total. The second kappa shape index (κ2) is 2.75. The molecule has 0 aromatic heterocycles. The molecule has 0 bridgehead atoms. The van der Waals surface area contributed by atoms with Gasteiger partial charge in [0.2, 0.25) is 10.0 Å². The normalized spacial score (nSPS) is 22.7. The molecule has 66 valence electrons. The first-order valence-corrected chi connectivity index (χ1v) is 5.75. The van der Waals surface area contributed by atoms with Crippen LogP contribution in [0.2, 0.25) is 0 Å². The van der Waals surface area contributed by atoms with E-state index >= 15 is 0 Å². The lowest BCUT2D eigenvalue weighted by atomic mass is 9.71. The molecule has 0 amide bonds. The fraction of sp³-hybridized carbons (Fsp3) is 1.00. The third-order valence-electron chi connectivity index (χ3n) is 2.32. The Bertz CT molecular complexity index is 229. The molecule has 0 spiro atoms. The summed E-state index contributed by atoms with van der Waals surface area (Å²) in [5, 5.41) is 0. The molecule has 1 saturated carbocycles. The number of nitrogens with one attached hydrogen (secondary N) is 1. The number of sulfonamides is 1. The van der Waals surface area contributed by atoms with Crippen molar-refractivity contribution in [1.82, 2.24) is 4.72 Å². The Morgan fingerprint density at radius 2 is 2.00 bits per heavy atom. The summed E-state index contributed by atoms with van der Waals surface area (Å²) in [4.78, 5) is 0. The average Bonchev–Trinajstić information content (AvgIpc) is 1.77. The van der Waals surface area contributed by atoms with E-state index in [1.54, 1.807) is 0 Å². The first kappa shape index (κ1) is 9.00. The Morgan fingerprint density at radius 1 is 1.45 bits per heavy atom. The third-order valence-corrected chi connectivity index (χ3v) is 2.99. The van der Waals surface area contributed by atoms with Crippen LogP contribution in [0, 0.1) is 5.41 Å². The Morgan fingerprint density at radius 3 is 2.27 bits per heavy atom. The summed E-state index contributed by atoms with van der Waals surface area (Å²) in [6, 6.07) is 0. The lowest BCUT2D eigenvalue weighted by molar-refractivity contribution is 0.166. The number of rotatable bonds is 3. The minimum Gasteiger partial charge on any atom is -0.215 e. The summed E-state index contributed by atoms with van der Waals surface area (Å²) in [6.07, 6.45) is 4.74. The molecule has 0 aromatic rings. The summed E-state index contributed by atoms with van der Waals surface area (Å²) in [7, 11) is -2.98. The van der Waals surface area contributed by atoms with Crippen LogP contribution in [-0.2, 0) is 10.0 Å². The van der Waals surface area contributed by atoms with Crippen LogP contribution < -0.4 is 4.72 Å². The molecule has 0 radical (unpaired) electrons. The Labute approximate surface area is 68.2 Å². The summed E-state index contributed by atoms with van der Waals surface area (Å²) >= 11 is 0. The number of hydrogen-bond acceptors (Lipinski definition) is 2. The molecule has 0 aromatic carbocycles. The zero-order valence-corrected chi connectivity index (χ0v) is 7.87. The fourth-order valence-electron chi connectivity index (χ4n) is 1.26. The molecule has 1 aliphatic rings. The highest BCUT2D eigenvalue weighted by Gasteiger charge is 2.31. The molecule has 1 aliphatic carbocycles. The van der Waals surface area contributed by atoms with Crippen molar-refractivity contribution in [2.24, 2.45) is 5.41 Å². The Balaban J connectivity index is 2.33. The topological polar surface area (TPSA) is 46.2 Å². The minimum atomic E-state index is -2.98. The first-order chi connectivity index (χ1) is 4.91. The van der Waals surface area contributed by atoms with Gasteiger partial charge in [-0.1, -0.05) is 13.3 Å². The van der Waals surface area contributed by atoms with Crippen molar-refractivity contribution in [2.45, 2.75) is 26.2 Å². The van der Waals surface area contributed by atoms with Crippen molar-refractivity contribution in [3.05, 3.63) is 0 Å². The summed E-state index contributed by atoms with van der Waals surface area (Å²) in [5.74, 6) is 0. The summed E-state index contributed by atoms with van der Waals surface area (Å²) in [5.41, 5.74) is 0.239. The summed E-state index contributed by atoms with van der Waals surface area (Å²) in [6.45, 7) is 2.72. The fourth-order valence-corrected chi connectivity index (χ4v) is 1.87. The van der Waals surface area contributed by atoms with E-state index in [9.17, 15) is 8.42 Å². The van der Waals surface area contributed by atoms with Gasteiger partial charge in [-0.25, -0.2) is 13.1 Å². The van der Waals surface area contributed by atoms with Crippen molar-refractivity contribution in [3.8, 4) is 0 Å². The predicted molar refractivity (Wildman–Crippen MR) is 44.8 cm³/mol. The van der Waals surface area contributed by atoms with Gasteiger partial charge in [0.05, 0.1) is 6.26 Å². The highest BCUT2D eigenvalue weighted by molar-refractivity contribution is 7.88. The van der Waals surface area contributed by atoms with E-state index in [1.807, 2.05) is 0 Å². The third kappa shape index (κ3) is 2.79. The minimum absolute atomic E-state index is 0.239. The van der Waals surface area contributed by atoms with Crippen LogP contribution in [0.3, 0.4) is 0 Å². The SMILES string of the molecule is CC1(CNS(C)(=O)=O)CCC1. The van der Waals surface area contributed by atoms with Crippen molar-refractivity contribution >= 4 is 10.0 Å². The molecule has 11 heavy (non-hydrogen) atoms. The summed E-state index contributed by atoms with van der Waals surface area (Å²) < 4.78 is 24.0. The quantitative estimate of drug-likeness (QED) is 0.690. The zero-order chi connectivity index (χ0) is 8.54. The molecule has 0 unspecified atom stereocenters. The maximum absolute atomic E-state index is 10.7. The van der Waals surface area contributed by atoms with Gasteiger partial charge in [0.25, 0.3) is 0 Å². The van der Waals surface area contributed by atoms with E-state index in [0.717, 1.165) is 12.8 Å². The number of hydrogen-bond donors (Lipinski definition) is 1. The van der Waals surface area contributed by atoms with Gasteiger partial charge in [-0.05, 0) is 18.3 Å². The van der Waals surface area contributed by atoms with Crippen molar-refractivity contribution in [3.63, 3.8) is 0 Å². The van der Waals surface area contributed by atoms with E-state index in [-0.39, 0.29) is 5.41 Å².